The van der Waals surface area contributed by atoms with E-state index < -0.39 is 0 Å². The molecule has 1 aromatic carbocycles. The summed E-state index contributed by atoms with van der Waals surface area (Å²) in [6, 6.07) is 11.7. The molecule has 2 unspecified atom stereocenters. The normalized spacial score (nSPS) is 26.7. The van der Waals surface area contributed by atoms with E-state index in [1.807, 2.05) is 0 Å². The molecule has 1 aliphatic heterocycles. The number of nitrogens with one attached hydrogen (secondary N) is 1. The van der Waals surface area contributed by atoms with Crippen LogP contribution in [0.2, 0.25) is 0 Å². The van der Waals surface area contributed by atoms with E-state index in [0.29, 0.717) is 11.5 Å². The molecule has 1 aromatic rings. The highest BCUT2D eigenvalue weighted by molar-refractivity contribution is 5.17. The van der Waals surface area contributed by atoms with Crippen molar-refractivity contribution in [2.45, 2.75) is 70.9 Å². The summed E-state index contributed by atoms with van der Waals surface area (Å²) in [5.41, 5.74) is 1.99. The van der Waals surface area contributed by atoms with Gasteiger partial charge in [0.05, 0.1) is 5.60 Å². The van der Waals surface area contributed by atoms with Crippen LogP contribution >= 0.6 is 0 Å². The molecule has 2 aliphatic rings. The van der Waals surface area contributed by atoms with Gasteiger partial charge in [-0.15, -0.1) is 0 Å². The van der Waals surface area contributed by atoms with Crippen molar-refractivity contribution in [2.24, 2.45) is 11.3 Å². The minimum Gasteiger partial charge on any atom is -0.375 e. The largest absolute Gasteiger partial charge is 0.375 e. The van der Waals surface area contributed by atoms with Gasteiger partial charge in [-0.1, -0.05) is 37.3 Å². The molecule has 3 rings (SSSR count). The van der Waals surface area contributed by atoms with Crippen molar-refractivity contribution >= 4 is 0 Å². The lowest BCUT2D eigenvalue weighted by Gasteiger charge is -2.37. The molecule has 0 aromatic heterocycles. The Balaban J connectivity index is 1.51. The number of ether oxygens (including phenoxy) is 1. The molecule has 0 radical (unpaired) electrons. The Labute approximate surface area is 142 Å². The van der Waals surface area contributed by atoms with Crippen LogP contribution in [-0.4, -0.2) is 24.8 Å². The van der Waals surface area contributed by atoms with Crippen LogP contribution in [0.25, 0.3) is 0 Å². The van der Waals surface area contributed by atoms with E-state index in [2.05, 4.69) is 56.4 Å². The first-order chi connectivity index (χ1) is 11.0. The minimum absolute atomic E-state index is 0.0414. The first-order valence-corrected chi connectivity index (χ1v) is 9.38. The molecular weight excluding hydrogens is 282 g/mol. The molecule has 1 N–H and O–H groups in total. The van der Waals surface area contributed by atoms with E-state index in [-0.39, 0.29) is 5.60 Å². The summed E-state index contributed by atoms with van der Waals surface area (Å²) in [5.74, 6) is 0.927. The van der Waals surface area contributed by atoms with E-state index in [4.69, 9.17) is 4.74 Å². The third kappa shape index (κ3) is 4.81. The molecule has 1 saturated carbocycles. The summed E-state index contributed by atoms with van der Waals surface area (Å²) in [6.07, 6.45) is 7.64. The lowest BCUT2D eigenvalue weighted by Crippen LogP contribution is -2.44. The number of hydrogen-bond donors (Lipinski definition) is 1. The molecule has 1 aliphatic carbocycles. The minimum atomic E-state index is 0.0414. The van der Waals surface area contributed by atoms with Gasteiger partial charge < -0.3 is 10.1 Å². The molecule has 2 heteroatoms. The fraction of sp³-hybridized carbons (Fsp3) is 0.714. The fourth-order valence-corrected chi connectivity index (χ4v) is 4.25. The third-order valence-corrected chi connectivity index (χ3v) is 5.84. The molecule has 2 nitrogen and oxygen atoms in total. The Kier molecular flexibility index (Phi) is 5.13. The molecule has 2 atom stereocenters. The first kappa shape index (κ1) is 17.0. The maximum atomic E-state index is 5.83. The van der Waals surface area contributed by atoms with Crippen LogP contribution < -0.4 is 5.32 Å². The van der Waals surface area contributed by atoms with Gasteiger partial charge in [0.1, 0.15) is 0 Å². The summed E-state index contributed by atoms with van der Waals surface area (Å²) >= 11 is 0. The van der Waals surface area contributed by atoms with E-state index in [9.17, 15) is 0 Å². The Bertz CT molecular complexity index is 494. The average Bonchev–Trinajstić information content (AvgIpc) is 3.32. The van der Waals surface area contributed by atoms with Gasteiger partial charge in [-0.2, -0.15) is 0 Å². The van der Waals surface area contributed by atoms with Crippen LogP contribution in [-0.2, 0) is 11.2 Å². The molecule has 23 heavy (non-hydrogen) atoms. The van der Waals surface area contributed by atoms with Gasteiger partial charge in [-0.05, 0) is 75.8 Å². The lowest BCUT2D eigenvalue weighted by molar-refractivity contribution is -0.0630. The molecule has 1 saturated heterocycles. The second-order valence-corrected chi connectivity index (χ2v) is 8.59. The highest BCUT2D eigenvalue weighted by atomic mass is 16.5. The highest BCUT2D eigenvalue weighted by Gasteiger charge is 2.41. The van der Waals surface area contributed by atoms with Crippen LogP contribution in [0.1, 0.15) is 58.4 Å². The van der Waals surface area contributed by atoms with Gasteiger partial charge in [0, 0.05) is 12.6 Å². The summed E-state index contributed by atoms with van der Waals surface area (Å²) in [7, 11) is 0. The van der Waals surface area contributed by atoms with Gasteiger partial charge in [0.2, 0.25) is 0 Å². The zero-order chi connectivity index (χ0) is 16.3. The number of hydrogen-bond acceptors (Lipinski definition) is 2. The Morgan fingerprint density at radius 3 is 2.57 bits per heavy atom. The van der Waals surface area contributed by atoms with Crippen LogP contribution in [0.3, 0.4) is 0 Å². The van der Waals surface area contributed by atoms with Crippen LogP contribution in [0, 0.1) is 11.3 Å². The summed E-state index contributed by atoms with van der Waals surface area (Å²) in [6.45, 7) is 8.97. The monoisotopic (exact) mass is 315 g/mol. The van der Waals surface area contributed by atoms with Crippen molar-refractivity contribution in [3.05, 3.63) is 35.9 Å². The zero-order valence-electron chi connectivity index (χ0n) is 15.1. The quantitative estimate of drug-likeness (QED) is 0.795. The maximum absolute atomic E-state index is 5.83. The number of rotatable bonds is 7. The average molecular weight is 316 g/mol. The first-order valence-electron chi connectivity index (χ1n) is 9.38. The summed E-state index contributed by atoms with van der Waals surface area (Å²) < 4.78 is 5.83. The zero-order valence-corrected chi connectivity index (χ0v) is 15.1. The molecule has 2 fully saturated rings. The van der Waals surface area contributed by atoms with Crippen molar-refractivity contribution in [3.8, 4) is 0 Å². The maximum Gasteiger partial charge on any atom is 0.0641 e. The summed E-state index contributed by atoms with van der Waals surface area (Å²) in [4.78, 5) is 0. The second-order valence-electron chi connectivity index (χ2n) is 8.59. The van der Waals surface area contributed by atoms with Crippen LogP contribution in [0.15, 0.2) is 30.3 Å². The van der Waals surface area contributed by atoms with E-state index in [0.717, 1.165) is 31.9 Å². The van der Waals surface area contributed by atoms with Crippen molar-refractivity contribution < 1.29 is 4.74 Å². The lowest BCUT2D eigenvalue weighted by atomic mass is 9.76. The molecule has 1 heterocycles. The second kappa shape index (κ2) is 6.94. The summed E-state index contributed by atoms with van der Waals surface area (Å²) in [5, 5.41) is 3.82. The predicted octanol–water partition coefficient (Wildman–Crippen LogP) is 4.58. The Morgan fingerprint density at radius 2 is 1.91 bits per heavy atom. The third-order valence-electron chi connectivity index (χ3n) is 5.84. The van der Waals surface area contributed by atoms with Crippen molar-refractivity contribution in [3.63, 3.8) is 0 Å². The topological polar surface area (TPSA) is 21.3 Å². The van der Waals surface area contributed by atoms with Crippen LogP contribution in [0.4, 0.5) is 0 Å². The van der Waals surface area contributed by atoms with Crippen molar-refractivity contribution in [1.29, 1.82) is 0 Å². The number of benzene rings is 1. The highest BCUT2D eigenvalue weighted by Crippen LogP contribution is 2.49. The fourth-order valence-electron chi connectivity index (χ4n) is 4.25. The van der Waals surface area contributed by atoms with Gasteiger partial charge in [-0.25, -0.2) is 0 Å². The molecule has 0 amide bonds. The molecule has 0 spiro atoms. The van der Waals surface area contributed by atoms with Gasteiger partial charge in [-0.3, -0.25) is 0 Å². The van der Waals surface area contributed by atoms with Gasteiger partial charge >= 0.3 is 0 Å². The van der Waals surface area contributed by atoms with Crippen molar-refractivity contribution in [2.75, 3.05) is 13.2 Å². The van der Waals surface area contributed by atoms with Crippen molar-refractivity contribution in [1.82, 2.24) is 5.32 Å². The standard InChI is InChI=1S/C21H33NO/c1-20(2)16-19(11-14-23-20)22-13-12-21(3,18-9-10-18)15-17-7-5-4-6-8-17/h4-8,18-19,22H,9-16H2,1-3H3. The molecule has 128 valence electrons. The predicted molar refractivity (Wildman–Crippen MR) is 96.6 cm³/mol. The van der Waals surface area contributed by atoms with E-state index in [1.165, 1.54) is 31.2 Å². The molecular formula is C21H33NO. The van der Waals surface area contributed by atoms with E-state index >= 15 is 0 Å². The van der Waals surface area contributed by atoms with Crippen LogP contribution in [0.5, 0.6) is 0 Å². The SMILES string of the molecule is CC1(C)CC(NCCC(C)(Cc2ccccc2)C2CC2)CCO1. The Hall–Kier alpha value is -0.860. The Morgan fingerprint density at radius 1 is 1.17 bits per heavy atom. The van der Waals surface area contributed by atoms with E-state index in [1.54, 1.807) is 0 Å². The van der Waals surface area contributed by atoms with Gasteiger partial charge in [0.25, 0.3) is 0 Å². The van der Waals surface area contributed by atoms with Gasteiger partial charge in [0.15, 0.2) is 0 Å². The molecule has 0 bridgehead atoms. The smallest absolute Gasteiger partial charge is 0.0641 e.